The molecule has 0 saturated carbocycles. The van der Waals surface area contributed by atoms with E-state index < -0.39 is 11.9 Å². The summed E-state index contributed by atoms with van der Waals surface area (Å²) in [5.41, 5.74) is 1.28. The molecule has 1 aromatic heterocycles. The number of carboxylic acids is 2. The van der Waals surface area contributed by atoms with Gasteiger partial charge in [-0.3, -0.25) is 9.59 Å². The first kappa shape index (κ1) is 20.7. The first-order valence-corrected chi connectivity index (χ1v) is 9.77. The third-order valence-electron chi connectivity index (χ3n) is 4.69. The van der Waals surface area contributed by atoms with E-state index in [0.717, 1.165) is 38.5 Å². The zero-order chi connectivity index (χ0) is 18.0. The van der Waals surface area contributed by atoms with Gasteiger partial charge in [0.25, 0.3) is 0 Å². The van der Waals surface area contributed by atoms with Crippen molar-refractivity contribution in [2.75, 3.05) is 0 Å². The molecule has 24 heavy (non-hydrogen) atoms. The number of aryl methyl sites for hydroxylation is 1. The summed E-state index contributed by atoms with van der Waals surface area (Å²) < 4.78 is 0. The Morgan fingerprint density at radius 3 is 2.12 bits per heavy atom. The predicted octanol–water partition coefficient (Wildman–Crippen LogP) is 5.38. The molecule has 5 heteroatoms. The number of rotatable bonds is 13. The van der Waals surface area contributed by atoms with E-state index in [0.29, 0.717) is 12.8 Å². The highest BCUT2D eigenvalue weighted by Gasteiger charge is 2.33. The van der Waals surface area contributed by atoms with Crippen LogP contribution in [-0.4, -0.2) is 22.2 Å². The van der Waals surface area contributed by atoms with Gasteiger partial charge in [-0.1, -0.05) is 26.2 Å². The van der Waals surface area contributed by atoms with Gasteiger partial charge in [-0.25, -0.2) is 0 Å². The second-order valence-corrected chi connectivity index (χ2v) is 7.58. The first-order valence-electron chi connectivity index (χ1n) is 8.89. The van der Waals surface area contributed by atoms with Crippen molar-refractivity contribution < 1.29 is 19.8 Å². The van der Waals surface area contributed by atoms with Crippen molar-refractivity contribution in [1.82, 2.24) is 0 Å². The summed E-state index contributed by atoms with van der Waals surface area (Å²) in [4.78, 5) is 23.1. The quantitative estimate of drug-likeness (QED) is 0.466. The van der Waals surface area contributed by atoms with Crippen LogP contribution >= 0.6 is 11.3 Å². The normalized spacial score (nSPS) is 13.6. The molecule has 136 valence electrons. The van der Waals surface area contributed by atoms with E-state index >= 15 is 0 Å². The van der Waals surface area contributed by atoms with Gasteiger partial charge in [-0.05, 0) is 56.0 Å². The fourth-order valence-corrected chi connectivity index (χ4v) is 4.68. The lowest BCUT2D eigenvalue weighted by Gasteiger charge is -2.34. The first-order chi connectivity index (χ1) is 11.4. The average molecular weight is 355 g/mol. The number of unbranched alkanes of at least 4 members (excludes halogenated alkanes) is 2. The molecule has 0 bridgehead atoms. The number of hydrogen-bond acceptors (Lipinski definition) is 3. The molecule has 0 aliphatic carbocycles. The van der Waals surface area contributed by atoms with Crippen LogP contribution in [0.1, 0.15) is 81.6 Å². The monoisotopic (exact) mass is 354 g/mol. The highest BCUT2D eigenvalue weighted by molar-refractivity contribution is 7.10. The Balaban J connectivity index is 2.91. The molecule has 4 nitrogen and oxygen atoms in total. The van der Waals surface area contributed by atoms with Crippen LogP contribution in [0, 0.1) is 6.92 Å². The molecule has 1 atom stereocenters. The maximum Gasteiger partial charge on any atom is 0.303 e. The number of hydrogen-bond donors (Lipinski definition) is 2. The fraction of sp³-hybridized carbons (Fsp3) is 0.684. The molecule has 0 saturated heterocycles. The minimum absolute atomic E-state index is 0.00220. The lowest BCUT2D eigenvalue weighted by atomic mass is 9.72. The van der Waals surface area contributed by atoms with Crippen molar-refractivity contribution in [2.24, 2.45) is 0 Å². The third-order valence-corrected chi connectivity index (χ3v) is 5.96. The van der Waals surface area contributed by atoms with Gasteiger partial charge >= 0.3 is 11.9 Å². The van der Waals surface area contributed by atoms with Gasteiger partial charge in [0.15, 0.2) is 0 Å². The molecule has 1 aromatic rings. The molecule has 0 aliphatic heterocycles. The summed E-state index contributed by atoms with van der Waals surface area (Å²) in [5.74, 6) is -1.49. The van der Waals surface area contributed by atoms with Gasteiger partial charge in [0.05, 0.1) is 0 Å². The van der Waals surface area contributed by atoms with E-state index in [1.54, 1.807) is 11.3 Å². The number of carbonyl (C=O) groups is 2. The van der Waals surface area contributed by atoms with Crippen molar-refractivity contribution in [3.05, 3.63) is 21.9 Å². The number of carboxylic acid groups (broad SMARTS) is 2. The van der Waals surface area contributed by atoms with E-state index in [-0.39, 0.29) is 18.3 Å². The summed E-state index contributed by atoms with van der Waals surface area (Å²) in [7, 11) is 0. The summed E-state index contributed by atoms with van der Waals surface area (Å²) in [6, 6.07) is 2.13. The van der Waals surface area contributed by atoms with Gasteiger partial charge in [0.2, 0.25) is 0 Å². The van der Waals surface area contributed by atoms with Crippen molar-refractivity contribution in [1.29, 1.82) is 0 Å². The average Bonchev–Trinajstić information content (AvgIpc) is 2.94. The summed E-state index contributed by atoms with van der Waals surface area (Å²) in [6.45, 7) is 4.30. The molecule has 0 fully saturated rings. The molecule has 2 N–H and O–H groups in total. The summed E-state index contributed by atoms with van der Waals surface area (Å²) >= 11 is 1.77. The van der Waals surface area contributed by atoms with Gasteiger partial charge in [-0.15, -0.1) is 11.3 Å². The summed E-state index contributed by atoms with van der Waals surface area (Å²) in [6.07, 6.45) is 7.74. The zero-order valence-electron chi connectivity index (χ0n) is 14.8. The van der Waals surface area contributed by atoms with E-state index in [1.165, 1.54) is 10.4 Å². The number of thiophene rings is 1. The minimum Gasteiger partial charge on any atom is -0.481 e. The molecule has 0 amide bonds. The van der Waals surface area contributed by atoms with Crippen LogP contribution in [0.25, 0.3) is 0 Å². The van der Waals surface area contributed by atoms with Crippen LogP contribution in [0.5, 0.6) is 0 Å². The Kier molecular flexibility index (Phi) is 9.04. The van der Waals surface area contributed by atoms with Crippen molar-refractivity contribution in [3.8, 4) is 0 Å². The maximum atomic E-state index is 10.9. The lowest BCUT2D eigenvalue weighted by Crippen LogP contribution is -2.26. The SMILES string of the molecule is CCCCC(CCCCC(=O)O)(CCCC(=O)O)c1sccc1C. The van der Waals surface area contributed by atoms with Crippen molar-refractivity contribution in [2.45, 2.75) is 83.5 Å². The second kappa shape index (κ2) is 10.5. The maximum absolute atomic E-state index is 10.9. The Morgan fingerprint density at radius 1 is 1.00 bits per heavy atom. The van der Waals surface area contributed by atoms with Gasteiger partial charge in [0, 0.05) is 23.1 Å². The Morgan fingerprint density at radius 2 is 1.58 bits per heavy atom. The predicted molar refractivity (Wildman–Crippen MR) is 97.8 cm³/mol. The van der Waals surface area contributed by atoms with E-state index in [4.69, 9.17) is 10.2 Å². The van der Waals surface area contributed by atoms with Gasteiger partial charge in [-0.2, -0.15) is 0 Å². The largest absolute Gasteiger partial charge is 0.481 e. The van der Waals surface area contributed by atoms with Crippen LogP contribution in [-0.2, 0) is 15.0 Å². The summed E-state index contributed by atoms with van der Waals surface area (Å²) in [5, 5.41) is 19.9. The Bertz CT molecular complexity index is 523. The molecular weight excluding hydrogens is 324 g/mol. The van der Waals surface area contributed by atoms with Crippen LogP contribution in [0.3, 0.4) is 0 Å². The molecule has 1 rings (SSSR count). The van der Waals surface area contributed by atoms with Crippen LogP contribution in [0.2, 0.25) is 0 Å². The van der Waals surface area contributed by atoms with Crippen LogP contribution in [0.4, 0.5) is 0 Å². The third kappa shape index (κ3) is 6.63. The molecule has 0 spiro atoms. The van der Waals surface area contributed by atoms with Crippen LogP contribution in [0.15, 0.2) is 11.4 Å². The van der Waals surface area contributed by atoms with Crippen LogP contribution < -0.4 is 0 Å². The molecule has 0 aliphatic rings. The Labute approximate surface area is 148 Å². The molecule has 1 unspecified atom stereocenters. The van der Waals surface area contributed by atoms with Crippen molar-refractivity contribution in [3.63, 3.8) is 0 Å². The van der Waals surface area contributed by atoms with Crippen molar-refractivity contribution >= 4 is 23.3 Å². The molecular formula is C19H30O4S. The van der Waals surface area contributed by atoms with E-state index in [1.807, 2.05) is 0 Å². The molecule has 0 aromatic carbocycles. The minimum atomic E-state index is -0.743. The van der Waals surface area contributed by atoms with Gasteiger partial charge < -0.3 is 10.2 Å². The topological polar surface area (TPSA) is 74.6 Å². The lowest BCUT2D eigenvalue weighted by molar-refractivity contribution is -0.138. The van der Waals surface area contributed by atoms with E-state index in [2.05, 4.69) is 25.3 Å². The highest BCUT2D eigenvalue weighted by atomic mass is 32.1. The Hall–Kier alpha value is -1.36. The molecule has 0 radical (unpaired) electrons. The highest BCUT2D eigenvalue weighted by Crippen LogP contribution is 2.44. The second-order valence-electron chi connectivity index (χ2n) is 6.66. The fourth-order valence-electron chi connectivity index (χ4n) is 3.46. The zero-order valence-corrected chi connectivity index (χ0v) is 15.7. The van der Waals surface area contributed by atoms with Gasteiger partial charge in [0.1, 0.15) is 0 Å². The smallest absolute Gasteiger partial charge is 0.303 e. The standard InChI is InChI=1S/C19H30O4S/c1-3-4-11-19(13-7-9-17(22)23,12-6-5-8-16(20)21)18-15(2)10-14-24-18/h10,14H,3-9,11-13H2,1-2H3,(H,20,21)(H,22,23). The van der Waals surface area contributed by atoms with E-state index in [9.17, 15) is 9.59 Å². The number of aliphatic carboxylic acids is 2. The molecule has 1 heterocycles.